The second-order valence-corrected chi connectivity index (χ2v) is 6.08. The Bertz CT molecular complexity index is 778. The lowest BCUT2D eigenvalue weighted by Crippen LogP contribution is -2.25. The summed E-state index contributed by atoms with van der Waals surface area (Å²) in [6.45, 7) is 6.36. The van der Waals surface area contributed by atoms with Crippen LogP contribution in [0.3, 0.4) is 0 Å². The molecule has 4 N–H and O–H groups in total. The van der Waals surface area contributed by atoms with E-state index in [0.29, 0.717) is 18.2 Å². The van der Waals surface area contributed by atoms with Crippen molar-refractivity contribution in [1.82, 2.24) is 9.97 Å². The molecule has 1 aromatic carbocycles. The number of nitrogen functional groups attached to an aromatic ring is 1. The Morgan fingerprint density at radius 3 is 2.68 bits per heavy atom. The molecule has 114 valence electrons. The van der Waals surface area contributed by atoms with Crippen LogP contribution in [0, 0.1) is 12.3 Å². The molecule has 0 atom stereocenters. The highest BCUT2D eigenvalue weighted by atomic mass is 16.1. The van der Waals surface area contributed by atoms with Gasteiger partial charge in [-0.1, -0.05) is 44.9 Å². The Hall–Kier alpha value is -2.74. The third kappa shape index (κ3) is 3.29. The van der Waals surface area contributed by atoms with Gasteiger partial charge in [-0.05, 0) is 11.6 Å². The highest BCUT2D eigenvalue weighted by molar-refractivity contribution is 5.60. The van der Waals surface area contributed by atoms with Crippen molar-refractivity contribution >= 4 is 11.5 Å². The Labute approximate surface area is 130 Å². The molecule has 0 saturated carbocycles. The number of nitrogens with two attached hydrogens (primary N) is 1. The van der Waals surface area contributed by atoms with Gasteiger partial charge in [-0.2, -0.15) is 0 Å². The maximum absolute atomic E-state index is 11.9. The van der Waals surface area contributed by atoms with Crippen LogP contribution in [0.2, 0.25) is 0 Å². The number of rotatable bonds is 3. The van der Waals surface area contributed by atoms with Gasteiger partial charge in [-0.25, -0.2) is 4.98 Å². The molecule has 0 fully saturated rings. The van der Waals surface area contributed by atoms with Crippen LogP contribution in [-0.2, 0) is 12.0 Å². The molecule has 0 saturated heterocycles. The molecule has 0 amide bonds. The van der Waals surface area contributed by atoms with Gasteiger partial charge in [-0.15, -0.1) is 6.42 Å². The first-order chi connectivity index (χ1) is 10.3. The lowest BCUT2D eigenvalue weighted by molar-refractivity contribution is 0.544. The maximum Gasteiger partial charge on any atom is 0.276 e. The van der Waals surface area contributed by atoms with Crippen molar-refractivity contribution in [1.29, 1.82) is 0 Å². The van der Waals surface area contributed by atoms with Crippen molar-refractivity contribution in [3.05, 3.63) is 51.6 Å². The van der Waals surface area contributed by atoms with Gasteiger partial charge in [0.2, 0.25) is 0 Å². The summed E-state index contributed by atoms with van der Waals surface area (Å²) in [5.74, 6) is 3.59. The molecule has 0 bridgehead atoms. The number of aromatic nitrogens is 2. The number of nitrogens with one attached hydrogen (secondary N) is 2. The summed E-state index contributed by atoms with van der Waals surface area (Å²) in [7, 11) is 0. The zero-order valence-electron chi connectivity index (χ0n) is 13.0. The molecule has 2 aromatic rings. The minimum atomic E-state index is -0.340. The monoisotopic (exact) mass is 296 g/mol. The SMILES string of the molecule is C#Cc1ccccc1CNc1nc(C(C)(C)C)[nH]c(=O)c1N. The quantitative estimate of drug-likeness (QED) is 0.758. The molecule has 22 heavy (non-hydrogen) atoms. The number of anilines is 2. The first-order valence-electron chi connectivity index (χ1n) is 7.01. The predicted molar refractivity (Wildman–Crippen MR) is 89.7 cm³/mol. The van der Waals surface area contributed by atoms with Crippen LogP contribution in [0.5, 0.6) is 0 Å². The molecule has 0 aliphatic rings. The fourth-order valence-corrected chi connectivity index (χ4v) is 1.97. The van der Waals surface area contributed by atoms with Gasteiger partial charge >= 0.3 is 0 Å². The van der Waals surface area contributed by atoms with E-state index in [0.717, 1.165) is 11.1 Å². The Balaban J connectivity index is 2.32. The zero-order valence-corrected chi connectivity index (χ0v) is 13.0. The van der Waals surface area contributed by atoms with E-state index in [1.807, 2.05) is 45.0 Å². The first kappa shape index (κ1) is 15.6. The van der Waals surface area contributed by atoms with Crippen LogP contribution >= 0.6 is 0 Å². The summed E-state index contributed by atoms with van der Waals surface area (Å²) in [6.07, 6.45) is 5.48. The molecular weight excluding hydrogens is 276 g/mol. The largest absolute Gasteiger partial charge is 0.391 e. The van der Waals surface area contributed by atoms with Crippen LogP contribution in [0.4, 0.5) is 11.5 Å². The van der Waals surface area contributed by atoms with Gasteiger partial charge in [0, 0.05) is 17.5 Å². The zero-order chi connectivity index (χ0) is 16.3. The smallest absolute Gasteiger partial charge is 0.276 e. The van der Waals surface area contributed by atoms with Crippen LogP contribution in [0.25, 0.3) is 0 Å². The molecule has 0 aliphatic heterocycles. The summed E-state index contributed by atoms with van der Waals surface area (Å²) >= 11 is 0. The van der Waals surface area contributed by atoms with E-state index in [1.165, 1.54) is 0 Å². The summed E-state index contributed by atoms with van der Waals surface area (Å²) in [4.78, 5) is 19.1. The molecule has 0 unspecified atom stereocenters. The minimum absolute atomic E-state index is 0.0752. The molecule has 0 aliphatic carbocycles. The molecule has 0 spiro atoms. The van der Waals surface area contributed by atoms with Gasteiger partial charge in [0.1, 0.15) is 11.5 Å². The molecule has 1 aromatic heterocycles. The number of H-pyrrole nitrogens is 1. The lowest BCUT2D eigenvalue weighted by atomic mass is 9.96. The highest BCUT2D eigenvalue weighted by Gasteiger charge is 2.19. The first-order valence-corrected chi connectivity index (χ1v) is 7.01. The number of nitrogens with zero attached hydrogens (tertiary/aromatic N) is 1. The van der Waals surface area contributed by atoms with Crippen molar-refractivity contribution in [2.75, 3.05) is 11.1 Å². The number of aromatic amines is 1. The summed E-state index contributed by atoms with van der Waals surface area (Å²) in [5, 5.41) is 3.11. The molecule has 1 heterocycles. The van der Waals surface area contributed by atoms with Gasteiger partial charge in [0.15, 0.2) is 5.82 Å². The van der Waals surface area contributed by atoms with Gasteiger partial charge < -0.3 is 16.0 Å². The van der Waals surface area contributed by atoms with Crippen molar-refractivity contribution in [3.8, 4) is 12.3 Å². The standard InChI is InChI=1S/C17H20N4O/c1-5-11-8-6-7-9-12(11)10-19-14-13(18)15(22)21-16(20-14)17(2,3)4/h1,6-9H,10,18H2,2-4H3,(H2,19,20,21,22). The number of benzene rings is 1. The van der Waals surface area contributed by atoms with Crippen molar-refractivity contribution < 1.29 is 0 Å². The molecular formula is C17H20N4O. The maximum atomic E-state index is 11.9. The molecule has 2 rings (SSSR count). The molecule has 5 heteroatoms. The fourth-order valence-electron chi connectivity index (χ4n) is 1.97. The number of terminal acetylenes is 1. The van der Waals surface area contributed by atoms with Gasteiger partial charge in [0.25, 0.3) is 5.56 Å². The van der Waals surface area contributed by atoms with E-state index < -0.39 is 0 Å². The van der Waals surface area contributed by atoms with Gasteiger partial charge in [0.05, 0.1) is 0 Å². The van der Waals surface area contributed by atoms with Crippen LogP contribution in [0.15, 0.2) is 29.1 Å². The van der Waals surface area contributed by atoms with E-state index in [-0.39, 0.29) is 16.7 Å². The average molecular weight is 296 g/mol. The second-order valence-electron chi connectivity index (χ2n) is 6.08. The Kier molecular flexibility index (Phi) is 4.22. The number of hydrogen-bond donors (Lipinski definition) is 3. The summed E-state index contributed by atoms with van der Waals surface area (Å²) < 4.78 is 0. The van der Waals surface area contributed by atoms with Crippen LogP contribution in [0.1, 0.15) is 37.7 Å². The summed E-state index contributed by atoms with van der Waals surface area (Å²) in [6, 6.07) is 7.59. The predicted octanol–water partition coefficient (Wildman–Crippen LogP) is 2.24. The summed E-state index contributed by atoms with van der Waals surface area (Å²) in [5.41, 5.74) is 7.03. The third-order valence-electron chi connectivity index (χ3n) is 3.28. The minimum Gasteiger partial charge on any atom is -0.391 e. The van der Waals surface area contributed by atoms with Gasteiger partial charge in [-0.3, -0.25) is 4.79 Å². The van der Waals surface area contributed by atoms with Crippen LogP contribution in [-0.4, -0.2) is 9.97 Å². The Morgan fingerprint density at radius 1 is 1.36 bits per heavy atom. The van der Waals surface area contributed by atoms with E-state index in [2.05, 4.69) is 21.2 Å². The topological polar surface area (TPSA) is 83.8 Å². The van der Waals surface area contributed by atoms with Crippen LogP contribution < -0.4 is 16.6 Å². The fraction of sp³-hybridized carbons (Fsp3) is 0.294. The molecule has 5 nitrogen and oxygen atoms in total. The van der Waals surface area contributed by atoms with Crippen molar-refractivity contribution in [2.45, 2.75) is 32.7 Å². The van der Waals surface area contributed by atoms with E-state index in [4.69, 9.17) is 12.2 Å². The third-order valence-corrected chi connectivity index (χ3v) is 3.28. The highest BCUT2D eigenvalue weighted by Crippen LogP contribution is 2.21. The number of hydrogen-bond acceptors (Lipinski definition) is 4. The van der Waals surface area contributed by atoms with E-state index >= 15 is 0 Å². The average Bonchev–Trinajstić information content (AvgIpc) is 2.47. The van der Waals surface area contributed by atoms with E-state index in [1.54, 1.807) is 0 Å². The van der Waals surface area contributed by atoms with E-state index in [9.17, 15) is 4.79 Å². The lowest BCUT2D eigenvalue weighted by Gasteiger charge is -2.19. The van der Waals surface area contributed by atoms with Crippen molar-refractivity contribution in [3.63, 3.8) is 0 Å². The Morgan fingerprint density at radius 2 is 2.05 bits per heavy atom. The normalized spacial score (nSPS) is 11.0. The molecule has 0 radical (unpaired) electrons. The van der Waals surface area contributed by atoms with Crippen molar-refractivity contribution in [2.24, 2.45) is 0 Å². The second kappa shape index (κ2) is 5.94.